The van der Waals surface area contributed by atoms with Crippen molar-refractivity contribution in [2.24, 2.45) is 22.7 Å². The fourth-order valence-corrected chi connectivity index (χ4v) is 7.84. The Bertz CT molecular complexity index is 778. The lowest BCUT2D eigenvalue weighted by atomic mass is 9.44. The second-order valence-electron chi connectivity index (χ2n) is 10.3. The van der Waals surface area contributed by atoms with Crippen molar-refractivity contribution in [2.75, 3.05) is 5.33 Å². The molecule has 6 heteroatoms. The van der Waals surface area contributed by atoms with Gasteiger partial charge in [0.25, 0.3) is 0 Å². The molecule has 0 aliphatic heterocycles. The molecule has 3 fully saturated rings. The molecule has 0 heterocycles. The van der Waals surface area contributed by atoms with Crippen molar-refractivity contribution in [3.8, 4) is 0 Å². The van der Waals surface area contributed by atoms with Crippen LogP contribution >= 0.6 is 15.9 Å². The molecule has 0 radical (unpaired) electrons. The van der Waals surface area contributed by atoms with Crippen molar-refractivity contribution in [2.45, 2.75) is 82.6 Å². The lowest BCUT2D eigenvalue weighted by Gasteiger charge is -2.62. The van der Waals surface area contributed by atoms with E-state index in [1.54, 1.807) is 0 Å². The molecule has 0 saturated heterocycles. The van der Waals surface area contributed by atoms with Crippen LogP contribution in [0.3, 0.4) is 0 Å². The number of alkyl halides is 2. The molecule has 0 spiro atoms. The summed E-state index contributed by atoms with van der Waals surface area (Å²) in [6, 6.07) is 0. The first-order valence-electron chi connectivity index (χ1n) is 10.3. The number of hydrogen-bond acceptors (Lipinski definition) is 4. The van der Waals surface area contributed by atoms with Crippen molar-refractivity contribution in [1.82, 2.24) is 0 Å². The second-order valence-corrected chi connectivity index (χ2v) is 10.9. The van der Waals surface area contributed by atoms with Crippen LogP contribution in [-0.4, -0.2) is 44.0 Å². The smallest absolute Gasteiger partial charge is 0.186 e. The average Bonchev–Trinajstić information content (AvgIpc) is 2.89. The largest absolute Gasteiger partial charge is 0.382 e. The van der Waals surface area contributed by atoms with Crippen LogP contribution in [-0.2, 0) is 9.59 Å². The predicted molar refractivity (Wildman–Crippen MR) is 107 cm³/mol. The molecule has 7 atom stereocenters. The highest BCUT2D eigenvalue weighted by Crippen LogP contribution is 2.70. The number of halogens is 2. The molecular formula is C22H30BrFO4. The van der Waals surface area contributed by atoms with Gasteiger partial charge in [0.2, 0.25) is 0 Å². The third kappa shape index (κ3) is 2.28. The lowest BCUT2D eigenvalue weighted by Crippen LogP contribution is -2.65. The Hall–Kier alpha value is -0.590. The Balaban J connectivity index is 1.76. The van der Waals surface area contributed by atoms with Crippen molar-refractivity contribution >= 4 is 27.5 Å². The zero-order valence-corrected chi connectivity index (χ0v) is 18.4. The first-order valence-corrected chi connectivity index (χ1v) is 11.5. The lowest BCUT2D eigenvalue weighted by molar-refractivity contribution is -0.189. The van der Waals surface area contributed by atoms with Gasteiger partial charge in [-0.2, -0.15) is 0 Å². The molecule has 3 saturated carbocycles. The zero-order valence-electron chi connectivity index (χ0n) is 16.9. The number of hydrogen-bond donors (Lipinski definition) is 2. The fourth-order valence-electron chi connectivity index (χ4n) is 7.38. The van der Waals surface area contributed by atoms with E-state index in [1.165, 1.54) is 13.0 Å². The standard InChI is InChI=1S/C22H30BrFO4/c1-18-8-9-21(24)15(14(18)6-7-22(18,28)17(26)11-23)5-4-13-10-16(25)20(3,27)12-19(13,21)2/h10,14-15,27-28H,4-9,11-12H2,1-3H3/t14-,15-,18-,19-,20?,21+,22-/m0/s1. The van der Waals surface area contributed by atoms with E-state index >= 15 is 4.39 Å². The monoisotopic (exact) mass is 456 g/mol. The number of ketones is 2. The van der Waals surface area contributed by atoms with Crippen molar-refractivity contribution in [3.63, 3.8) is 0 Å². The van der Waals surface area contributed by atoms with Gasteiger partial charge in [-0.15, -0.1) is 0 Å². The molecule has 0 aromatic carbocycles. The van der Waals surface area contributed by atoms with Crippen molar-refractivity contribution < 1.29 is 24.2 Å². The molecule has 1 unspecified atom stereocenters. The minimum atomic E-state index is -1.55. The Morgan fingerprint density at radius 3 is 2.50 bits per heavy atom. The number of fused-ring (bicyclic) bond motifs is 5. The number of allylic oxidation sites excluding steroid dienone is 1. The van der Waals surface area contributed by atoms with Crippen LogP contribution in [0.4, 0.5) is 4.39 Å². The summed E-state index contributed by atoms with van der Waals surface area (Å²) >= 11 is 3.20. The summed E-state index contributed by atoms with van der Waals surface area (Å²) in [7, 11) is 0. The maximum atomic E-state index is 16.9. The number of rotatable bonds is 2. The van der Waals surface area contributed by atoms with E-state index < -0.39 is 27.7 Å². The van der Waals surface area contributed by atoms with E-state index in [1.807, 2.05) is 13.8 Å². The summed E-state index contributed by atoms with van der Waals surface area (Å²) < 4.78 is 16.9. The summed E-state index contributed by atoms with van der Waals surface area (Å²) in [5, 5.41) is 22.0. The summed E-state index contributed by atoms with van der Waals surface area (Å²) in [6.07, 6.45) is 4.49. The highest BCUT2D eigenvalue weighted by molar-refractivity contribution is 9.09. The Morgan fingerprint density at radius 2 is 1.86 bits per heavy atom. The third-order valence-electron chi connectivity index (χ3n) is 9.13. The topological polar surface area (TPSA) is 74.6 Å². The Labute approximate surface area is 174 Å². The molecule has 28 heavy (non-hydrogen) atoms. The van der Waals surface area contributed by atoms with E-state index in [4.69, 9.17) is 0 Å². The van der Waals surface area contributed by atoms with E-state index in [9.17, 15) is 19.8 Å². The highest BCUT2D eigenvalue weighted by atomic mass is 79.9. The second kappa shape index (κ2) is 5.98. The van der Waals surface area contributed by atoms with Gasteiger partial charge in [-0.1, -0.05) is 35.4 Å². The van der Waals surface area contributed by atoms with Gasteiger partial charge < -0.3 is 10.2 Å². The van der Waals surface area contributed by atoms with Gasteiger partial charge in [-0.25, -0.2) is 4.39 Å². The predicted octanol–water partition coefficient (Wildman–Crippen LogP) is 3.67. The molecule has 2 N–H and O–H groups in total. The number of aliphatic hydroxyl groups is 2. The molecule has 0 bridgehead atoms. The first kappa shape index (κ1) is 20.7. The minimum absolute atomic E-state index is 0.0831. The highest BCUT2D eigenvalue weighted by Gasteiger charge is 2.72. The van der Waals surface area contributed by atoms with E-state index in [-0.39, 0.29) is 41.6 Å². The van der Waals surface area contributed by atoms with Crippen LogP contribution in [0.15, 0.2) is 11.6 Å². The molecule has 0 amide bonds. The van der Waals surface area contributed by atoms with Gasteiger partial charge in [0.1, 0.15) is 16.9 Å². The number of Topliss-reactive ketones (excluding diaryl/α,β-unsaturated/α-hetero) is 1. The first-order chi connectivity index (χ1) is 12.9. The Kier molecular flexibility index (Phi) is 4.41. The van der Waals surface area contributed by atoms with Gasteiger partial charge >= 0.3 is 0 Å². The van der Waals surface area contributed by atoms with Crippen LogP contribution in [0.1, 0.15) is 65.7 Å². The zero-order chi connectivity index (χ0) is 20.8. The van der Waals surface area contributed by atoms with Gasteiger partial charge in [-0.3, -0.25) is 9.59 Å². The summed E-state index contributed by atoms with van der Waals surface area (Å²) in [5.41, 5.74) is -5.22. The molecule has 4 nitrogen and oxygen atoms in total. The van der Waals surface area contributed by atoms with E-state index in [2.05, 4.69) is 15.9 Å². The SMILES string of the molecule is CC1(O)C[C@@]2(C)C(=CC1=O)CC[C@H]1[C@@H]3CC[C@](O)(C(=O)CBr)[C@@]3(C)CC[C@@]12F. The minimum Gasteiger partial charge on any atom is -0.382 e. The average molecular weight is 457 g/mol. The van der Waals surface area contributed by atoms with Gasteiger partial charge in [0.15, 0.2) is 11.6 Å². The van der Waals surface area contributed by atoms with Gasteiger partial charge in [0, 0.05) is 10.8 Å². The maximum Gasteiger partial charge on any atom is 0.186 e. The van der Waals surface area contributed by atoms with Crippen LogP contribution in [0.25, 0.3) is 0 Å². The molecule has 4 rings (SSSR count). The molecule has 0 aromatic heterocycles. The summed E-state index contributed by atoms with van der Waals surface area (Å²) in [4.78, 5) is 24.9. The van der Waals surface area contributed by atoms with E-state index in [0.717, 1.165) is 5.57 Å². The summed E-state index contributed by atoms with van der Waals surface area (Å²) in [5.74, 6) is -0.909. The summed E-state index contributed by atoms with van der Waals surface area (Å²) in [6.45, 7) is 5.30. The maximum absolute atomic E-state index is 16.9. The van der Waals surface area contributed by atoms with Crippen LogP contribution in [0.2, 0.25) is 0 Å². The fraction of sp³-hybridized carbons (Fsp3) is 0.818. The number of carbonyl (C=O) groups is 2. The van der Waals surface area contributed by atoms with Crippen molar-refractivity contribution in [1.29, 1.82) is 0 Å². The van der Waals surface area contributed by atoms with E-state index in [0.29, 0.717) is 32.1 Å². The number of carbonyl (C=O) groups excluding carboxylic acids is 2. The van der Waals surface area contributed by atoms with Crippen LogP contribution in [0.5, 0.6) is 0 Å². The molecular weight excluding hydrogens is 427 g/mol. The van der Waals surface area contributed by atoms with Crippen LogP contribution in [0, 0.1) is 22.7 Å². The van der Waals surface area contributed by atoms with Gasteiger partial charge in [-0.05, 0) is 69.8 Å². The van der Waals surface area contributed by atoms with Crippen LogP contribution < -0.4 is 0 Å². The molecule has 0 aromatic rings. The molecule has 156 valence electrons. The third-order valence-corrected chi connectivity index (χ3v) is 9.64. The quantitative estimate of drug-likeness (QED) is 0.621. The molecule has 4 aliphatic rings. The van der Waals surface area contributed by atoms with Gasteiger partial charge in [0.05, 0.1) is 5.33 Å². The van der Waals surface area contributed by atoms with Crippen molar-refractivity contribution in [3.05, 3.63) is 11.6 Å². The Morgan fingerprint density at radius 1 is 1.18 bits per heavy atom. The molecule has 4 aliphatic carbocycles. The normalized spacial score (nSPS) is 53.1.